The molecule has 58 heavy (non-hydrogen) atoms. The van der Waals surface area contributed by atoms with Crippen molar-refractivity contribution in [3.63, 3.8) is 0 Å². The predicted molar refractivity (Wildman–Crippen MR) is 248 cm³/mol. The molecule has 0 fully saturated rings. The summed E-state index contributed by atoms with van der Waals surface area (Å²) in [4.78, 5) is 0. The molecule has 2 aromatic heterocycles. The average Bonchev–Trinajstić information content (AvgIpc) is 4.08. The molecular weight excluding hydrogens is 847 g/mol. The van der Waals surface area contributed by atoms with E-state index in [1.807, 2.05) is 24.7 Å². The molecule has 10 aromatic rings. The van der Waals surface area contributed by atoms with Gasteiger partial charge in [-0.2, -0.15) is 0 Å². The molecule has 0 spiro atoms. The van der Waals surface area contributed by atoms with Gasteiger partial charge in [0.25, 0.3) is 0 Å². The monoisotopic (exact) mass is 888 g/mol. The number of furan rings is 2. The van der Waals surface area contributed by atoms with Crippen LogP contribution in [-0.2, 0) is 30.8 Å². The number of halogens is 2. The average molecular weight is 891 g/mol. The number of aryl methyl sites for hydroxylation is 2. The normalized spacial score (nSPS) is 11.1. The van der Waals surface area contributed by atoms with Gasteiger partial charge in [-0.05, 0) is 45.9 Å². The fraction of sp³-hybridized carbons (Fsp3) is 0.115. The maximum atomic E-state index is 5.93. The Morgan fingerprint density at radius 1 is 0.500 bits per heavy atom. The van der Waals surface area contributed by atoms with E-state index in [-0.39, 0.29) is 5.43 Å². The topological polar surface area (TPSA) is 26.3 Å². The molecule has 0 atom stereocenters. The van der Waals surface area contributed by atoms with Crippen molar-refractivity contribution in [3.05, 3.63) is 181 Å². The summed E-state index contributed by atoms with van der Waals surface area (Å²) < 4.78 is 11.9. The van der Waals surface area contributed by atoms with Gasteiger partial charge in [0.2, 0.25) is 0 Å². The van der Waals surface area contributed by atoms with E-state index in [1.165, 1.54) is 65.7 Å². The van der Waals surface area contributed by atoms with E-state index in [0.717, 1.165) is 46.3 Å². The second kappa shape index (κ2) is 18.1. The van der Waals surface area contributed by atoms with Crippen LogP contribution in [0.3, 0.4) is 0 Å². The van der Waals surface area contributed by atoms with E-state index >= 15 is 0 Å². The molecule has 10 rings (SSSR count). The van der Waals surface area contributed by atoms with Crippen molar-refractivity contribution >= 4 is 65.5 Å². The Bertz CT molecular complexity index is 2810. The molecule has 288 valence electrons. The SMILES string of the molecule is CCc1ccc2[cH-]c(-c3occ4ccccc34)cc2c1-c1ccccc1.CCc1ccc2[cH-]c(-c3occ4ccccc34)cc2c1-c1ccccc1.C[Si](C)=[Zr]([Cl])[Cl]. The van der Waals surface area contributed by atoms with Crippen molar-refractivity contribution in [2.45, 2.75) is 39.8 Å². The van der Waals surface area contributed by atoms with Gasteiger partial charge in [-0.25, -0.2) is 0 Å². The summed E-state index contributed by atoms with van der Waals surface area (Å²) in [5, 5.41) is 9.74. The van der Waals surface area contributed by atoms with Crippen LogP contribution in [0.25, 0.3) is 88.0 Å². The number of rotatable bonds is 6. The second-order valence-electron chi connectivity index (χ2n) is 14.7. The fourth-order valence-corrected chi connectivity index (χ4v) is 7.83. The Morgan fingerprint density at radius 2 is 0.879 bits per heavy atom. The Balaban J connectivity index is 0.000000142. The molecular formula is C52H44Cl2O2SiZr-2. The van der Waals surface area contributed by atoms with Crippen molar-refractivity contribution in [1.82, 2.24) is 0 Å². The van der Waals surface area contributed by atoms with Crippen molar-refractivity contribution in [1.29, 1.82) is 0 Å². The van der Waals surface area contributed by atoms with Gasteiger partial charge in [-0.15, -0.1) is 57.9 Å². The van der Waals surface area contributed by atoms with Crippen LogP contribution in [0.2, 0.25) is 13.1 Å². The van der Waals surface area contributed by atoms with Crippen molar-refractivity contribution < 1.29 is 26.8 Å². The molecule has 6 heteroatoms. The molecule has 0 N–H and O–H groups in total. The van der Waals surface area contributed by atoms with Gasteiger partial charge in [0.15, 0.2) is 0 Å². The zero-order chi connectivity index (χ0) is 40.2. The van der Waals surface area contributed by atoms with Crippen molar-refractivity contribution in [3.8, 4) is 44.9 Å². The molecule has 2 nitrogen and oxygen atoms in total. The van der Waals surface area contributed by atoms with E-state index in [9.17, 15) is 0 Å². The van der Waals surface area contributed by atoms with Crippen LogP contribution in [0.4, 0.5) is 0 Å². The van der Waals surface area contributed by atoms with Crippen molar-refractivity contribution in [2.75, 3.05) is 0 Å². The van der Waals surface area contributed by atoms with Gasteiger partial charge in [0.05, 0.1) is 24.0 Å². The number of fused-ring (bicyclic) bond motifs is 4. The number of hydrogen-bond acceptors (Lipinski definition) is 2. The van der Waals surface area contributed by atoms with Gasteiger partial charge >= 0.3 is 53.5 Å². The molecule has 0 aliphatic heterocycles. The quantitative estimate of drug-likeness (QED) is 0.123. The van der Waals surface area contributed by atoms with E-state index in [2.05, 4.69) is 173 Å². The molecule has 8 aromatic carbocycles. The molecule has 0 amide bonds. The zero-order valence-corrected chi connectivity index (χ0v) is 38.1. The first-order chi connectivity index (χ1) is 28.3. The van der Waals surface area contributed by atoms with Gasteiger partial charge in [-0.1, -0.05) is 157 Å². The summed E-state index contributed by atoms with van der Waals surface area (Å²) in [6, 6.07) is 56.0. The summed E-state index contributed by atoms with van der Waals surface area (Å²) in [6.07, 6.45) is 5.73. The summed E-state index contributed by atoms with van der Waals surface area (Å²) in [5.74, 6) is 1.91. The van der Waals surface area contributed by atoms with Gasteiger partial charge in [0.1, 0.15) is 0 Å². The van der Waals surface area contributed by atoms with E-state index in [1.54, 1.807) is 0 Å². The van der Waals surface area contributed by atoms with E-state index in [4.69, 9.17) is 25.9 Å². The van der Waals surface area contributed by atoms with Crippen LogP contribution >= 0.6 is 17.0 Å². The Kier molecular flexibility index (Phi) is 12.5. The third-order valence-electron chi connectivity index (χ3n) is 10.8. The third kappa shape index (κ3) is 8.27. The Hall–Kier alpha value is -4.70. The second-order valence-corrected chi connectivity index (χ2v) is 37.7. The standard InChI is InChI=1S/2C25H19O.C2H6Si.2ClH.Zr/c2*1-2-17-12-13-19-14-21(25-22-11-7-6-10-20(22)16-26-25)15-23(19)24(17)18-8-4-3-5-9-18;1-3-2;;;/h2*3-16H,2H2,1H3;1-2H3;2*1H;/q2*-1;;;;+2/p-2. The first kappa shape index (κ1) is 40.1. The molecule has 2 heterocycles. The number of benzene rings is 6. The zero-order valence-electron chi connectivity index (χ0n) is 33.2. The summed E-state index contributed by atoms with van der Waals surface area (Å²) in [5.41, 5.74) is 10.1. The van der Waals surface area contributed by atoms with Crippen molar-refractivity contribution in [2.24, 2.45) is 0 Å². The third-order valence-corrected chi connectivity index (χ3v) is 30.5. The molecule has 0 aliphatic carbocycles. The number of hydrogen-bond donors (Lipinski definition) is 0. The van der Waals surface area contributed by atoms with Crippen LogP contribution < -0.4 is 0 Å². The molecule has 0 saturated carbocycles. The van der Waals surface area contributed by atoms with Gasteiger partial charge in [-0.3, -0.25) is 0 Å². The van der Waals surface area contributed by atoms with Crippen LogP contribution in [0.1, 0.15) is 25.0 Å². The minimum absolute atomic E-state index is 0.224. The van der Waals surface area contributed by atoms with Gasteiger partial charge in [0, 0.05) is 10.8 Å². The molecule has 0 radical (unpaired) electrons. The van der Waals surface area contributed by atoms with Crippen LogP contribution in [0.15, 0.2) is 179 Å². The first-order valence-electron chi connectivity index (χ1n) is 19.8. The van der Waals surface area contributed by atoms with E-state index in [0.29, 0.717) is 0 Å². The Morgan fingerprint density at radius 3 is 1.26 bits per heavy atom. The Labute approximate surface area is 355 Å². The van der Waals surface area contributed by atoms with E-state index < -0.39 is 18.0 Å². The maximum absolute atomic E-state index is 5.93. The molecule has 0 unspecified atom stereocenters. The predicted octanol–water partition coefficient (Wildman–Crippen LogP) is 16.6. The molecule has 0 aliphatic rings. The fourth-order valence-electron chi connectivity index (χ4n) is 7.83. The summed E-state index contributed by atoms with van der Waals surface area (Å²) >= 11 is -1.65. The van der Waals surface area contributed by atoms with Crippen LogP contribution in [-0.4, -0.2) is 5.43 Å². The van der Waals surface area contributed by atoms with Crippen LogP contribution in [0.5, 0.6) is 0 Å². The minimum atomic E-state index is -1.65. The molecule has 0 saturated heterocycles. The first-order valence-corrected chi connectivity index (χ1v) is 32.3. The molecule has 0 bridgehead atoms. The van der Waals surface area contributed by atoms with Gasteiger partial charge < -0.3 is 8.83 Å². The summed E-state index contributed by atoms with van der Waals surface area (Å²) in [6.45, 7) is 8.77. The summed E-state index contributed by atoms with van der Waals surface area (Å²) in [7, 11) is 11.2. The van der Waals surface area contributed by atoms with Crippen LogP contribution in [0, 0.1) is 0 Å².